The Morgan fingerprint density at radius 3 is 3.21 bits per heavy atom. The van der Waals surface area contributed by atoms with E-state index in [0.29, 0.717) is 12.2 Å². The molecule has 0 radical (unpaired) electrons. The number of imidazole rings is 1. The van der Waals surface area contributed by atoms with Crippen LogP contribution in [0.25, 0.3) is 5.65 Å². The Bertz CT molecular complexity index is 429. The lowest BCUT2D eigenvalue weighted by molar-refractivity contribution is 0.628. The normalized spacial score (nSPS) is 13.3. The molecule has 0 saturated heterocycles. The second-order valence-corrected chi connectivity index (χ2v) is 3.50. The maximum absolute atomic E-state index is 8.66. The number of rotatable bonds is 3. The predicted octanol–water partition coefficient (Wildman–Crippen LogP) is 2.11. The number of aromatic nitrogens is 2. The fourth-order valence-electron chi connectivity index (χ4n) is 1.34. The number of pyridine rings is 1. The van der Waals surface area contributed by atoms with Crippen molar-refractivity contribution in [3.63, 3.8) is 0 Å². The van der Waals surface area contributed by atoms with Gasteiger partial charge in [-0.25, -0.2) is 9.71 Å². The van der Waals surface area contributed by atoms with Gasteiger partial charge in [0.2, 0.25) is 0 Å². The summed E-state index contributed by atoms with van der Waals surface area (Å²) in [5.41, 5.74) is 2.04. The Morgan fingerprint density at radius 2 is 2.43 bits per heavy atom. The molecule has 4 nitrogen and oxygen atoms in total. The summed E-state index contributed by atoms with van der Waals surface area (Å²) >= 11 is 0.637. The van der Waals surface area contributed by atoms with Crippen LogP contribution in [0.2, 0.25) is 0 Å². The van der Waals surface area contributed by atoms with E-state index in [1.807, 2.05) is 35.9 Å². The molecule has 1 atom stereocenters. The molecule has 0 spiro atoms. The molecule has 0 aliphatic heterocycles. The van der Waals surface area contributed by atoms with Crippen LogP contribution in [-0.4, -0.2) is 13.9 Å². The van der Waals surface area contributed by atoms with E-state index < -0.39 is 0 Å². The zero-order valence-electron chi connectivity index (χ0n) is 7.71. The van der Waals surface area contributed by atoms with E-state index in [1.54, 1.807) is 6.20 Å². The van der Waals surface area contributed by atoms with Gasteiger partial charge < -0.3 is 8.95 Å². The molecular formula is C9H11N3OS. The molecule has 1 unspecified atom stereocenters. The second kappa shape index (κ2) is 4.00. The van der Waals surface area contributed by atoms with Crippen LogP contribution < -0.4 is 4.72 Å². The zero-order chi connectivity index (χ0) is 9.97. The van der Waals surface area contributed by atoms with Gasteiger partial charge in [-0.05, 0) is 18.6 Å². The molecule has 2 aromatic rings. The van der Waals surface area contributed by atoms with Gasteiger partial charge in [-0.3, -0.25) is 0 Å². The fraction of sp³-hybridized carbons (Fsp3) is 0.222. The summed E-state index contributed by atoms with van der Waals surface area (Å²) in [4.78, 5) is 4.15. The number of fused-ring (bicyclic) bond motifs is 1. The molecule has 0 fully saturated rings. The third kappa shape index (κ3) is 1.75. The standard InChI is InChI=1S/C9H11N3OS/c1-7(11-14-13)8-2-3-9-10-4-5-12(9)6-8/h2-7,11,13H,1H3. The molecule has 2 N–H and O–H groups in total. The highest BCUT2D eigenvalue weighted by Gasteiger charge is 2.05. The van der Waals surface area contributed by atoms with Gasteiger partial charge in [0, 0.05) is 24.6 Å². The minimum absolute atomic E-state index is 0.108. The maximum atomic E-state index is 8.66. The number of hydrogen-bond acceptors (Lipinski definition) is 4. The first-order valence-corrected chi connectivity index (χ1v) is 5.07. The second-order valence-electron chi connectivity index (χ2n) is 3.09. The smallest absolute Gasteiger partial charge is 0.136 e. The SMILES string of the molecule is CC(NSO)c1ccc2nccn2c1. The lowest BCUT2D eigenvalue weighted by Crippen LogP contribution is -2.10. The summed E-state index contributed by atoms with van der Waals surface area (Å²) < 4.78 is 13.5. The lowest BCUT2D eigenvalue weighted by atomic mass is 10.1. The summed E-state index contributed by atoms with van der Waals surface area (Å²) in [5.74, 6) is 0. The van der Waals surface area contributed by atoms with Crippen LogP contribution in [0, 0.1) is 0 Å². The third-order valence-electron chi connectivity index (χ3n) is 2.14. The molecule has 0 aliphatic rings. The van der Waals surface area contributed by atoms with Crippen molar-refractivity contribution in [2.24, 2.45) is 0 Å². The molecule has 14 heavy (non-hydrogen) atoms. The Hall–Kier alpha value is -1.04. The molecule has 0 amide bonds. The van der Waals surface area contributed by atoms with E-state index in [9.17, 15) is 0 Å². The Labute approximate surface area is 86.3 Å². The summed E-state index contributed by atoms with van der Waals surface area (Å²) in [6.45, 7) is 1.99. The quantitative estimate of drug-likeness (QED) is 0.600. The minimum atomic E-state index is 0.108. The molecule has 2 heterocycles. The largest absolute Gasteiger partial charge is 0.317 e. The van der Waals surface area contributed by atoms with E-state index in [4.69, 9.17) is 4.55 Å². The van der Waals surface area contributed by atoms with Crippen LogP contribution in [-0.2, 0) is 0 Å². The van der Waals surface area contributed by atoms with Crippen LogP contribution in [0.1, 0.15) is 18.5 Å². The first-order valence-electron chi connectivity index (χ1n) is 4.30. The maximum Gasteiger partial charge on any atom is 0.136 e. The van der Waals surface area contributed by atoms with E-state index >= 15 is 0 Å². The van der Waals surface area contributed by atoms with Crippen molar-refractivity contribution in [1.29, 1.82) is 0 Å². The Kier molecular flexibility index (Phi) is 2.72. The molecular weight excluding hydrogens is 198 g/mol. The molecule has 0 aromatic carbocycles. The van der Waals surface area contributed by atoms with E-state index in [-0.39, 0.29) is 6.04 Å². The highest BCUT2D eigenvalue weighted by molar-refractivity contribution is 7.91. The average Bonchev–Trinajstić information content (AvgIpc) is 2.64. The number of hydrogen-bond donors (Lipinski definition) is 2. The predicted molar refractivity (Wildman–Crippen MR) is 57.0 cm³/mol. The minimum Gasteiger partial charge on any atom is -0.317 e. The van der Waals surface area contributed by atoms with Crippen molar-refractivity contribution in [3.8, 4) is 0 Å². The Morgan fingerprint density at radius 1 is 1.57 bits per heavy atom. The first kappa shape index (κ1) is 9.51. The highest BCUT2D eigenvalue weighted by Crippen LogP contribution is 2.14. The van der Waals surface area contributed by atoms with Crippen LogP contribution >= 0.6 is 12.2 Å². The molecule has 0 saturated carbocycles. The highest BCUT2D eigenvalue weighted by atomic mass is 32.2. The van der Waals surface area contributed by atoms with E-state index in [2.05, 4.69) is 9.71 Å². The van der Waals surface area contributed by atoms with Crippen LogP contribution in [0.4, 0.5) is 0 Å². The van der Waals surface area contributed by atoms with Crippen LogP contribution in [0.15, 0.2) is 30.7 Å². The number of nitrogens with zero attached hydrogens (tertiary/aromatic N) is 2. The average molecular weight is 209 g/mol. The topological polar surface area (TPSA) is 49.6 Å². The van der Waals surface area contributed by atoms with Gasteiger partial charge in [-0.2, -0.15) is 0 Å². The lowest BCUT2D eigenvalue weighted by Gasteiger charge is -2.10. The summed E-state index contributed by atoms with van der Waals surface area (Å²) in [6.07, 6.45) is 5.66. The molecule has 2 rings (SSSR count). The molecule has 74 valence electrons. The molecule has 5 heteroatoms. The summed E-state index contributed by atoms with van der Waals surface area (Å²) in [6, 6.07) is 4.06. The van der Waals surface area contributed by atoms with E-state index in [1.165, 1.54) is 0 Å². The van der Waals surface area contributed by atoms with Gasteiger partial charge in [-0.1, -0.05) is 6.07 Å². The van der Waals surface area contributed by atoms with Crippen molar-refractivity contribution in [1.82, 2.24) is 14.1 Å². The summed E-state index contributed by atoms with van der Waals surface area (Å²) in [5, 5.41) is 0. The van der Waals surface area contributed by atoms with Crippen molar-refractivity contribution in [2.75, 3.05) is 0 Å². The molecule has 2 aromatic heterocycles. The zero-order valence-corrected chi connectivity index (χ0v) is 8.53. The fourth-order valence-corrected chi connectivity index (χ4v) is 1.63. The monoisotopic (exact) mass is 209 g/mol. The molecule has 0 aliphatic carbocycles. The number of nitrogens with one attached hydrogen (secondary N) is 1. The van der Waals surface area contributed by atoms with Crippen molar-refractivity contribution >= 4 is 17.9 Å². The van der Waals surface area contributed by atoms with Crippen molar-refractivity contribution < 1.29 is 4.55 Å². The van der Waals surface area contributed by atoms with Crippen LogP contribution in [0.5, 0.6) is 0 Å². The Balaban J connectivity index is 2.33. The van der Waals surface area contributed by atoms with Gasteiger partial charge in [-0.15, -0.1) is 0 Å². The van der Waals surface area contributed by atoms with Gasteiger partial charge in [0.15, 0.2) is 0 Å². The van der Waals surface area contributed by atoms with Gasteiger partial charge in [0.1, 0.15) is 5.65 Å². The third-order valence-corrected chi connectivity index (χ3v) is 2.60. The summed E-state index contributed by atoms with van der Waals surface area (Å²) in [7, 11) is 0. The van der Waals surface area contributed by atoms with Gasteiger partial charge in [0.05, 0.1) is 12.2 Å². The first-order chi connectivity index (χ1) is 6.81. The van der Waals surface area contributed by atoms with E-state index in [0.717, 1.165) is 11.2 Å². The molecule has 0 bridgehead atoms. The van der Waals surface area contributed by atoms with Crippen LogP contribution in [0.3, 0.4) is 0 Å². The van der Waals surface area contributed by atoms with Crippen molar-refractivity contribution in [2.45, 2.75) is 13.0 Å². The van der Waals surface area contributed by atoms with Crippen molar-refractivity contribution in [3.05, 3.63) is 36.3 Å². The van der Waals surface area contributed by atoms with Gasteiger partial charge >= 0.3 is 0 Å². The van der Waals surface area contributed by atoms with Gasteiger partial charge in [0.25, 0.3) is 0 Å².